The molecule has 0 N–H and O–H groups in total. The Hall–Kier alpha value is -1.20. The predicted octanol–water partition coefficient (Wildman–Crippen LogP) is 2.90. The molecule has 0 amide bonds. The molecule has 1 aliphatic carbocycles. The lowest BCUT2D eigenvalue weighted by Crippen LogP contribution is -2.05. The summed E-state index contributed by atoms with van der Waals surface area (Å²) in [6, 6.07) is 7.88. The fourth-order valence-electron chi connectivity index (χ4n) is 1.66. The summed E-state index contributed by atoms with van der Waals surface area (Å²) in [5.74, 6) is 0.646. The van der Waals surface area contributed by atoms with Gasteiger partial charge in [0.15, 0.2) is 0 Å². The summed E-state index contributed by atoms with van der Waals surface area (Å²) in [5.41, 5.74) is 0.589. The number of rotatable bonds is 2. The molecule has 14 heavy (non-hydrogen) atoms. The summed E-state index contributed by atoms with van der Waals surface area (Å²) < 4.78 is 5.22. The van der Waals surface area contributed by atoms with Crippen LogP contribution < -0.4 is 4.74 Å². The number of nitriles is 1. The second-order valence-corrected chi connectivity index (χ2v) is 3.92. The van der Waals surface area contributed by atoms with Crippen LogP contribution in [-0.4, -0.2) is 7.11 Å². The highest BCUT2D eigenvalue weighted by Gasteiger charge is 2.47. The van der Waals surface area contributed by atoms with Crippen molar-refractivity contribution in [2.75, 3.05) is 7.11 Å². The van der Waals surface area contributed by atoms with Crippen molar-refractivity contribution in [3.05, 3.63) is 28.8 Å². The molecule has 1 fully saturated rings. The summed E-state index contributed by atoms with van der Waals surface area (Å²) in [4.78, 5) is 0. The highest BCUT2D eigenvalue weighted by atomic mass is 35.5. The Morgan fingerprint density at radius 2 is 2.21 bits per heavy atom. The first-order valence-corrected chi connectivity index (χ1v) is 4.85. The molecule has 0 heterocycles. The van der Waals surface area contributed by atoms with E-state index in [2.05, 4.69) is 6.07 Å². The molecule has 1 aromatic rings. The van der Waals surface area contributed by atoms with E-state index in [4.69, 9.17) is 21.6 Å². The summed E-state index contributed by atoms with van der Waals surface area (Å²) in [6.07, 6.45) is 1.81. The van der Waals surface area contributed by atoms with Crippen LogP contribution in [0.2, 0.25) is 5.02 Å². The Labute approximate surface area is 88.1 Å². The molecule has 0 radical (unpaired) electrons. The molecule has 2 nitrogen and oxygen atoms in total. The van der Waals surface area contributed by atoms with E-state index in [0.717, 1.165) is 18.4 Å². The highest BCUT2D eigenvalue weighted by molar-refractivity contribution is 6.32. The summed E-state index contributed by atoms with van der Waals surface area (Å²) >= 11 is 5.99. The van der Waals surface area contributed by atoms with Crippen molar-refractivity contribution in [1.29, 1.82) is 5.26 Å². The molecule has 0 unspecified atom stereocenters. The lowest BCUT2D eigenvalue weighted by atomic mass is 9.97. The maximum Gasteiger partial charge on any atom is 0.142 e. The smallest absolute Gasteiger partial charge is 0.142 e. The molecule has 0 spiro atoms. The van der Waals surface area contributed by atoms with E-state index in [1.54, 1.807) is 13.2 Å². The van der Waals surface area contributed by atoms with Gasteiger partial charge in [0.05, 0.1) is 23.6 Å². The Kier molecular flexibility index (Phi) is 2.13. The highest BCUT2D eigenvalue weighted by Crippen LogP contribution is 2.51. The molecule has 0 saturated heterocycles. The van der Waals surface area contributed by atoms with Crippen LogP contribution in [-0.2, 0) is 5.41 Å². The second kappa shape index (κ2) is 3.18. The zero-order chi connectivity index (χ0) is 10.2. The van der Waals surface area contributed by atoms with E-state index >= 15 is 0 Å². The van der Waals surface area contributed by atoms with Crippen molar-refractivity contribution in [3.8, 4) is 11.8 Å². The van der Waals surface area contributed by atoms with Crippen LogP contribution in [0.25, 0.3) is 0 Å². The zero-order valence-electron chi connectivity index (χ0n) is 7.88. The average Bonchev–Trinajstić information content (AvgIpc) is 2.98. The standard InChI is InChI=1S/C11H10ClNO/c1-14-10-8(3-2-4-9(10)12)11(7-13)5-6-11/h2-4H,5-6H2,1H3. The van der Waals surface area contributed by atoms with Crippen LogP contribution in [0.4, 0.5) is 0 Å². The molecule has 72 valence electrons. The van der Waals surface area contributed by atoms with Crippen molar-refractivity contribution in [1.82, 2.24) is 0 Å². The molecule has 0 bridgehead atoms. The van der Waals surface area contributed by atoms with Gasteiger partial charge in [-0.15, -0.1) is 0 Å². The third-order valence-corrected chi connectivity index (χ3v) is 2.95. The quantitative estimate of drug-likeness (QED) is 0.747. The summed E-state index contributed by atoms with van der Waals surface area (Å²) in [7, 11) is 1.58. The number of hydrogen-bond acceptors (Lipinski definition) is 2. The fourth-order valence-corrected chi connectivity index (χ4v) is 1.91. The molecular formula is C11H10ClNO. The van der Waals surface area contributed by atoms with Gasteiger partial charge in [-0.2, -0.15) is 5.26 Å². The van der Waals surface area contributed by atoms with Crippen LogP contribution in [0, 0.1) is 11.3 Å². The van der Waals surface area contributed by atoms with Crippen molar-refractivity contribution >= 4 is 11.6 Å². The van der Waals surface area contributed by atoms with Gasteiger partial charge in [0.1, 0.15) is 5.75 Å². The summed E-state index contributed by atoms with van der Waals surface area (Å²) in [6.45, 7) is 0. The van der Waals surface area contributed by atoms with Gasteiger partial charge in [-0.1, -0.05) is 23.7 Å². The lowest BCUT2D eigenvalue weighted by Gasteiger charge is -2.12. The first kappa shape index (κ1) is 9.36. The average molecular weight is 208 g/mol. The van der Waals surface area contributed by atoms with E-state index in [9.17, 15) is 0 Å². The first-order valence-electron chi connectivity index (χ1n) is 4.48. The third-order valence-electron chi connectivity index (χ3n) is 2.65. The van der Waals surface area contributed by atoms with Gasteiger partial charge in [0, 0.05) is 5.56 Å². The van der Waals surface area contributed by atoms with Gasteiger partial charge < -0.3 is 4.74 Å². The minimum Gasteiger partial charge on any atom is -0.495 e. The lowest BCUT2D eigenvalue weighted by molar-refractivity contribution is 0.407. The fraction of sp³-hybridized carbons (Fsp3) is 0.364. The third kappa shape index (κ3) is 1.25. The van der Waals surface area contributed by atoms with Gasteiger partial charge in [-0.05, 0) is 18.9 Å². The normalized spacial score (nSPS) is 17.2. The Morgan fingerprint density at radius 3 is 2.71 bits per heavy atom. The molecule has 1 saturated carbocycles. The van der Waals surface area contributed by atoms with E-state index in [0.29, 0.717) is 10.8 Å². The molecular weight excluding hydrogens is 198 g/mol. The molecule has 0 aromatic heterocycles. The summed E-state index contributed by atoms with van der Waals surface area (Å²) in [5, 5.41) is 9.65. The molecule has 3 heteroatoms. The Bertz CT molecular complexity index is 404. The van der Waals surface area contributed by atoms with Crippen molar-refractivity contribution < 1.29 is 4.74 Å². The number of halogens is 1. The minimum absolute atomic E-state index is 0.337. The van der Waals surface area contributed by atoms with E-state index in [1.165, 1.54) is 0 Å². The number of ether oxygens (including phenoxy) is 1. The van der Waals surface area contributed by atoms with Crippen LogP contribution >= 0.6 is 11.6 Å². The Morgan fingerprint density at radius 1 is 1.50 bits per heavy atom. The minimum atomic E-state index is -0.337. The predicted molar refractivity (Wildman–Crippen MR) is 54.5 cm³/mol. The van der Waals surface area contributed by atoms with E-state index in [1.807, 2.05) is 12.1 Å². The largest absolute Gasteiger partial charge is 0.495 e. The molecule has 1 aliphatic rings. The molecule has 1 aromatic carbocycles. The van der Waals surface area contributed by atoms with Gasteiger partial charge in [-0.3, -0.25) is 0 Å². The van der Waals surface area contributed by atoms with Crippen molar-refractivity contribution in [3.63, 3.8) is 0 Å². The Balaban J connectivity index is 2.54. The zero-order valence-corrected chi connectivity index (χ0v) is 8.64. The second-order valence-electron chi connectivity index (χ2n) is 3.51. The van der Waals surface area contributed by atoms with Crippen LogP contribution in [0.5, 0.6) is 5.75 Å². The number of methoxy groups -OCH3 is 1. The monoisotopic (exact) mass is 207 g/mol. The van der Waals surface area contributed by atoms with Crippen LogP contribution in [0.3, 0.4) is 0 Å². The van der Waals surface area contributed by atoms with Crippen molar-refractivity contribution in [2.24, 2.45) is 0 Å². The number of para-hydroxylation sites is 1. The molecule has 2 rings (SSSR count). The molecule has 0 atom stereocenters. The number of hydrogen-bond donors (Lipinski definition) is 0. The van der Waals surface area contributed by atoms with Gasteiger partial charge in [0.25, 0.3) is 0 Å². The maximum absolute atomic E-state index is 9.07. The van der Waals surface area contributed by atoms with Crippen molar-refractivity contribution in [2.45, 2.75) is 18.3 Å². The maximum atomic E-state index is 9.07. The first-order chi connectivity index (χ1) is 6.73. The van der Waals surface area contributed by atoms with E-state index < -0.39 is 0 Å². The van der Waals surface area contributed by atoms with Crippen LogP contribution in [0.15, 0.2) is 18.2 Å². The molecule has 0 aliphatic heterocycles. The number of nitrogens with zero attached hydrogens (tertiary/aromatic N) is 1. The SMILES string of the molecule is COc1c(Cl)cccc1C1(C#N)CC1. The van der Waals surface area contributed by atoms with E-state index in [-0.39, 0.29) is 5.41 Å². The van der Waals surface area contributed by atoms with Gasteiger partial charge in [0.2, 0.25) is 0 Å². The van der Waals surface area contributed by atoms with Crippen LogP contribution in [0.1, 0.15) is 18.4 Å². The topological polar surface area (TPSA) is 33.0 Å². The van der Waals surface area contributed by atoms with Gasteiger partial charge >= 0.3 is 0 Å². The number of benzene rings is 1. The van der Waals surface area contributed by atoms with Gasteiger partial charge in [-0.25, -0.2) is 0 Å².